The van der Waals surface area contributed by atoms with Gasteiger partial charge in [0.15, 0.2) is 0 Å². The third-order valence-electron chi connectivity index (χ3n) is 3.65. The van der Waals surface area contributed by atoms with Gasteiger partial charge >= 0.3 is 0 Å². The molecule has 0 unspecified atom stereocenters. The van der Waals surface area contributed by atoms with E-state index in [4.69, 9.17) is 0 Å². The number of carbonyl (C=O) groups is 2. The minimum atomic E-state index is -0.156. The zero-order valence-corrected chi connectivity index (χ0v) is 14.0. The van der Waals surface area contributed by atoms with Crippen LogP contribution in [0.5, 0.6) is 0 Å². The highest BCUT2D eigenvalue weighted by Gasteiger charge is 2.18. The van der Waals surface area contributed by atoms with E-state index < -0.39 is 0 Å². The molecule has 0 bridgehead atoms. The van der Waals surface area contributed by atoms with Crippen LogP contribution in [-0.2, 0) is 4.79 Å². The molecule has 0 heterocycles. The molecule has 4 heteroatoms. The first kappa shape index (κ1) is 16.7. The maximum Gasteiger partial charge on any atom is 0.258 e. The molecule has 0 aliphatic carbocycles. The number of carbonyl (C=O) groups excluding carboxylic acids is 2. The molecule has 0 aliphatic heterocycles. The van der Waals surface area contributed by atoms with Crippen molar-refractivity contribution in [1.82, 2.24) is 0 Å². The molecule has 4 nitrogen and oxygen atoms in total. The number of nitrogens with zero attached hydrogens (tertiary/aromatic N) is 1. The molecule has 0 atom stereocenters. The van der Waals surface area contributed by atoms with Crippen molar-refractivity contribution in [2.45, 2.75) is 27.7 Å². The molecule has 2 aromatic rings. The van der Waals surface area contributed by atoms with Gasteiger partial charge in [0.05, 0.1) is 0 Å². The molecule has 2 aromatic carbocycles. The maximum absolute atomic E-state index is 12.9. The third-order valence-corrected chi connectivity index (χ3v) is 3.65. The summed E-state index contributed by atoms with van der Waals surface area (Å²) in [5, 5.41) is 2.71. The standard InChI is InChI=1S/C19H22N2O2/c1-5-21(18-11-13(2)9-10-14(18)3)19(23)16-7-6-8-17(12-16)20-15(4)22/h6-12H,5H2,1-4H3,(H,20,22). The van der Waals surface area contributed by atoms with E-state index in [2.05, 4.69) is 5.32 Å². The quantitative estimate of drug-likeness (QED) is 0.930. The zero-order valence-electron chi connectivity index (χ0n) is 14.0. The highest BCUT2D eigenvalue weighted by Crippen LogP contribution is 2.24. The summed E-state index contributed by atoms with van der Waals surface area (Å²) in [4.78, 5) is 25.8. The van der Waals surface area contributed by atoms with E-state index in [1.807, 2.05) is 39.0 Å². The fourth-order valence-electron chi connectivity index (χ4n) is 2.52. The van der Waals surface area contributed by atoms with Gasteiger partial charge in [-0.3, -0.25) is 9.59 Å². The number of hydrogen-bond donors (Lipinski definition) is 1. The Morgan fingerprint density at radius 1 is 1.09 bits per heavy atom. The van der Waals surface area contributed by atoms with E-state index in [0.717, 1.165) is 16.8 Å². The average molecular weight is 310 g/mol. The predicted molar refractivity (Wildman–Crippen MR) is 94.0 cm³/mol. The highest BCUT2D eigenvalue weighted by molar-refractivity contribution is 6.07. The fourth-order valence-corrected chi connectivity index (χ4v) is 2.52. The van der Waals surface area contributed by atoms with Crippen molar-refractivity contribution >= 4 is 23.2 Å². The summed E-state index contributed by atoms with van der Waals surface area (Å²) in [6.07, 6.45) is 0. The molecule has 120 valence electrons. The Kier molecular flexibility index (Phi) is 5.16. The zero-order chi connectivity index (χ0) is 17.0. The van der Waals surface area contributed by atoms with Crippen LogP contribution in [0, 0.1) is 13.8 Å². The second-order valence-electron chi connectivity index (χ2n) is 5.60. The fraction of sp³-hybridized carbons (Fsp3) is 0.263. The second-order valence-corrected chi connectivity index (χ2v) is 5.60. The summed E-state index contributed by atoms with van der Waals surface area (Å²) in [7, 11) is 0. The van der Waals surface area contributed by atoms with Crippen molar-refractivity contribution < 1.29 is 9.59 Å². The molecule has 2 rings (SSSR count). The van der Waals surface area contributed by atoms with Crippen LogP contribution in [0.25, 0.3) is 0 Å². The summed E-state index contributed by atoms with van der Waals surface area (Å²) in [6.45, 7) is 7.99. The first-order valence-electron chi connectivity index (χ1n) is 7.69. The molecule has 0 radical (unpaired) electrons. The smallest absolute Gasteiger partial charge is 0.258 e. The van der Waals surface area contributed by atoms with Gasteiger partial charge in [-0.1, -0.05) is 18.2 Å². The van der Waals surface area contributed by atoms with Crippen molar-refractivity contribution in [3.63, 3.8) is 0 Å². The molecule has 0 fully saturated rings. The molecular weight excluding hydrogens is 288 g/mol. The molecule has 2 amide bonds. The number of amides is 2. The molecule has 0 saturated heterocycles. The van der Waals surface area contributed by atoms with E-state index in [-0.39, 0.29) is 11.8 Å². The van der Waals surface area contributed by atoms with E-state index >= 15 is 0 Å². The number of anilines is 2. The Morgan fingerprint density at radius 2 is 1.83 bits per heavy atom. The molecule has 0 aliphatic rings. The van der Waals surface area contributed by atoms with Gasteiger partial charge in [0.1, 0.15) is 0 Å². The van der Waals surface area contributed by atoms with Gasteiger partial charge < -0.3 is 10.2 Å². The van der Waals surface area contributed by atoms with Gasteiger partial charge in [-0.05, 0) is 56.2 Å². The van der Waals surface area contributed by atoms with Gasteiger partial charge in [-0.15, -0.1) is 0 Å². The van der Waals surface area contributed by atoms with E-state index in [1.54, 1.807) is 29.2 Å². The number of nitrogens with one attached hydrogen (secondary N) is 1. The molecular formula is C19H22N2O2. The van der Waals surface area contributed by atoms with Gasteiger partial charge in [0, 0.05) is 30.4 Å². The first-order chi connectivity index (χ1) is 10.9. The number of hydrogen-bond acceptors (Lipinski definition) is 2. The predicted octanol–water partition coefficient (Wildman–Crippen LogP) is 3.93. The molecule has 0 spiro atoms. The summed E-state index contributed by atoms with van der Waals surface area (Å²) in [6, 6.07) is 13.1. The lowest BCUT2D eigenvalue weighted by Crippen LogP contribution is -2.31. The normalized spacial score (nSPS) is 10.3. The third kappa shape index (κ3) is 3.97. The van der Waals surface area contributed by atoms with Crippen molar-refractivity contribution in [2.75, 3.05) is 16.8 Å². The van der Waals surface area contributed by atoms with Crippen LogP contribution in [-0.4, -0.2) is 18.4 Å². The Hall–Kier alpha value is -2.62. The summed E-state index contributed by atoms with van der Waals surface area (Å²) in [5.41, 5.74) is 4.27. The van der Waals surface area contributed by atoms with Gasteiger partial charge in [-0.2, -0.15) is 0 Å². The molecule has 0 aromatic heterocycles. The average Bonchev–Trinajstić information content (AvgIpc) is 2.51. The van der Waals surface area contributed by atoms with E-state index in [9.17, 15) is 9.59 Å². The molecule has 23 heavy (non-hydrogen) atoms. The lowest BCUT2D eigenvalue weighted by molar-refractivity contribution is -0.114. The van der Waals surface area contributed by atoms with Gasteiger partial charge in [0.25, 0.3) is 5.91 Å². The Labute approximate surface area is 137 Å². The Bertz CT molecular complexity index is 738. The highest BCUT2D eigenvalue weighted by atomic mass is 16.2. The monoisotopic (exact) mass is 310 g/mol. The Morgan fingerprint density at radius 3 is 2.48 bits per heavy atom. The lowest BCUT2D eigenvalue weighted by atomic mass is 10.1. The summed E-state index contributed by atoms with van der Waals surface area (Å²) in [5.74, 6) is -0.232. The van der Waals surface area contributed by atoms with Crippen LogP contribution in [0.4, 0.5) is 11.4 Å². The van der Waals surface area contributed by atoms with Gasteiger partial charge in [-0.25, -0.2) is 0 Å². The van der Waals surface area contributed by atoms with Crippen LogP contribution >= 0.6 is 0 Å². The number of aryl methyl sites for hydroxylation is 2. The van der Waals surface area contributed by atoms with Crippen molar-refractivity contribution in [1.29, 1.82) is 0 Å². The van der Waals surface area contributed by atoms with Crippen molar-refractivity contribution in [3.8, 4) is 0 Å². The number of benzene rings is 2. The molecule has 1 N–H and O–H groups in total. The van der Waals surface area contributed by atoms with E-state index in [1.165, 1.54) is 6.92 Å². The Balaban J connectivity index is 2.37. The lowest BCUT2D eigenvalue weighted by Gasteiger charge is -2.24. The minimum Gasteiger partial charge on any atom is -0.326 e. The molecule has 0 saturated carbocycles. The number of rotatable bonds is 4. The van der Waals surface area contributed by atoms with Crippen LogP contribution in [0.15, 0.2) is 42.5 Å². The minimum absolute atomic E-state index is 0.0756. The van der Waals surface area contributed by atoms with Crippen LogP contribution in [0.3, 0.4) is 0 Å². The second kappa shape index (κ2) is 7.09. The van der Waals surface area contributed by atoms with Crippen LogP contribution in [0.1, 0.15) is 35.3 Å². The van der Waals surface area contributed by atoms with Gasteiger partial charge in [0.2, 0.25) is 5.91 Å². The first-order valence-corrected chi connectivity index (χ1v) is 7.69. The summed E-state index contributed by atoms with van der Waals surface area (Å²) >= 11 is 0. The van der Waals surface area contributed by atoms with Crippen LogP contribution < -0.4 is 10.2 Å². The van der Waals surface area contributed by atoms with E-state index in [0.29, 0.717) is 17.8 Å². The summed E-state index contributed by atoms with van der Waals surface area (Å²) < 4.78 is 0. The van der Waals surface area contributed by atoms with Crippen LogP contribution in [0.2, 0.25) is 0 Å². The van der Waals surface area contributed by atoms with Crippen molar-refractivity contribution in [2.24, 2.45) is 0 Å². The SMILES string of the molecule is CCN(C(=O)c1cccc(NC(C)=O)c1)c1cc(C)ccc1C. The topological polar surface area (TPSA) is 49.4 Å². The maximum atomic E-state index is 12.9. The largest absolute Gasteiger partial charge is 0.326 e. The van der Waals surface area contributed by atoms with Crippen molar-refractivity contribution in [3.05, 3.63) is 59.2 Å².